The molecule has 0 aliphatic heterocycles. The quantitative estimate of drug-likeness (QED) is 0.699. The first kappa shape index (κ1) is 8.28. The molecule has 60 valence electrons. The lowest BCUT2D eigenvalue weighted by atomic mass is 10.1. The molecule has 11 heavy (non-hydrogen) atoms. The molecule has 3 N–H and O–H groups in total. The van der Waals surface area contributed by atoms with Gasteiger partial charge in [-0.2, -0.15) is 0 Å². The number of hydrogen-bond donors (Lipinski definition) is 1. The van der Waals surface area contributed by atoms with Crippen LogP contribution in [0.4, 0.5) is 0 Å². The van der Waals surface area contributed by atoms with Gasteiger partial charge >= 0.3 is 0 Å². The molecule has 0 bridgehead atoms. The zero-order chi connectivity index (χ0) is 7.14. The van der Waals surface area contributed by atoms with Crippen LogP contribution >= 0.6 is 0 Å². The average molecular weight is 149 g/mol. The van der Waals surface area contributed by atoms with Gasteiger partial charge in [0.05, 0.1) is 0 Å². The molecule has 0 unspecified atom stereocenters. The standard InChI is InChI=1S/C10H12.H3N/c1-7(2)5-8-3-4-9-6-10(8)9;/h3-4,6-7H,5H2,1-2H3;1H3. The third-order valence-corrected chi connectivity index (χ3v) is 1.97. The Bertz CT molecular complexity index is 264. The molecule has 0 heterocycles. The molecule has 2 aliphatic carbocycles. The summed E-state index contributed by atoms with van der Waals surface area (Å²) in [4.78, 5) is 0. The van der Waals surface area contributed by atoms with E-state index in [0.29, 0.717) is 0 Å². The molecule has 0 aromatic rings. The van der Waals surface area contributed by atoms with Crippen molar-refractivity contribution in [3.63, 3.8) is 0 Å². The molecule has 0 amide bonds. The van der Waals surface area contributed by atoms with Gasteiger partial charge in [-0.15, -0.1) is 0 Å². The van der Waals surface area contributed by atoms with E-state index in [1.165, 1.54) is 17.5 Å². The van der Waals surface area contributed by atoms with Crippen molar-refractivity contribution in [3.8, 4) is 11.1 Å². The minimum Gasteiger partial charge on any atom is -0.344 e. The van der Waals surface area contributed by atoms with E-state index in [2.05, 4.69) is 32.0 Å². The van der Waals surface area contributed by atoms with Crippen LogP contribution in [0, 0.1) is 5.92 Å². The molecule has 0 fully saturated rings. The van der Waals surface area contributed by atoms with Gasteiger partial charge in [0.2, 0.25) is 0 Å². The van der Waals surface area contributed by atoms with E-state index in [0.717, 1.165) is 5.92 Å². The normalized spacial score (nSPS) is 11.2. The summed E-state index contributed by atoms with van der Waals surface area (Å²) < 4.78 is 0. The Kier molecular flexibility index (Phi) is 2.01. The van der Waals surface area contributed by atoms with Crippen LogP contribution < -0.4 is 6.15 Å². The Hall–Kier alpha value is -0.820. The molecule has 1 nitrogen and oxygen atoms in total. The summed E-state index contributed by atoms with van der Waals surface area (Å²) in [6.45, 7) is 4.53. The van der Waals surface area contributed by atoms with Crippen molar-refractivity contribution in [1.82, 2.24) is 6.15 Å². The van der Waals surface area contributed by atoms with Gasteiger partial charge in [0.25, 0.3) is 0 Å². The van der Waals surface area contributed by atoms with E-state index >= 15 is 0 Å². The van der Waals surface area contributed by atoms with Crippen LogP contribution in [-0.2, 0) is 6.42 Å². The summed E-state index contributed by atoms with van der Waals surface area (Å²) >= 11 is 0. The molecular weight excluding hydrogens is 134 g/mol. The average Bonchev–Trinajstić information content (AvgIpc) is 2.52. The van der Waals surface area contributed by atoms with Gasteiger partial charge < -0.3 is 6.15 Å². The summed E-state index contributed by atoms with van der Waals surface area (Å²) in [7, 11) is 0. The van der Waals surface area contributed by atoms with E-state index in [9.17, 15) is 0 Å². The molecule has 0 spiro atoms. The Labute approximate surface area is 68.0 Å². The van der Waals surface area contributed by atoms with Gasteiger partial charge in [-0.05, 0) is 35.1 Å². The highest BCUT2D eigenvalue weighted by molar-refractivity contribution is 5.84. The third-order valence-electron chi connectivity index (χ3n) is 1.97. The van der Waals surface area contributed by atoms with Crippen molar-refractivity contribution < 1.29 is 0 Å². The molecule has 0 saturated carbocycles. The van der Waals surface area contributed by atoms with Crippen LogP contribution in [0.1, 0.15) is 19.4 Å². The van der Waals surface area contributed by atoms with Gasteiger partial charge in [0.15, 0.2) is 0 Å². The van der Waals surface area contributed by atoms with Gasteiger partial charge in [-0.3, -0.25) is 0 Å². The van der Waals surface area contributed by atoms with Crippen LogP contribution in [-0.4, -0.2) is 0 Å². The van der Waals surface area contributed by atoms with Crippen LogP contribution in [0.15, 0.2) is 18.2 Å². The Morgan fingerprint density at radius 2 is 2.00 bits per heavy atom. The summed E-state index contributed by atoms with van der Waals surface area (Å²) in [5.41, 5.74) is 4.54. The maximum atomic E-state index is 2.27. The lowest BCUT2D eigenvalue weighted by Crippen LogP contribution is -1.90. The predicted octanol–water partition coefficient (Wildman–Crippen LogP) is 3.03. The fourth-order valence-corrected chi connectivity index (χ4v) is 1.43. The largest absolute Gasteiger partial charge is 0.344 e. The SMILES string of the molecule is CC(C)Cc1ccc2cc1-2.N. The molecule has 1 heteroatoms. The topological polar surface area (TPSA) is 35.0 Å². The second-order valence-electron chi connectivity index (χ2n) is 3.47. The first-order valence-corrected chi connectivity index (χ1v) is 3.90. The van der Waals surface area contributed by atoms with E-state index in [4.69, 9.17) is 0 Å². The van der Waals surface area contributed by atoms with Crippen LogP contribution in [0.3, 0.4) is 0 Å². The van der Waals surface area contributed by atoms with Gasteiger partial charge in [0, 0.05) is 0 Å². The maximum Gasteiger partial charge on any atom is -0.0145 e. The lowest BCUT2D eigenvalue weighted by Gasteiger charge is -2.00. The molecular formula is C10H15N. The van der Waals surface area contributed by atoms with Crippen molar-refractivity contribution >= 4 is 0 Å². The van der Waals surface area contributed by atoms with Crippen molar-refractivity contribution in [2.45, 2.75) is 20.3 Å². The monoisotopic (exact) mass is 149 g/mol. The van der Waals surface area contributed by atoms with Crippen LogP contribution in [0.5, 0.6) is 0 Å². The van der Waals surface area contributed by atoms with Gasteiger partial charge in [-0.1, -0.05) is 26.0 Å². The summed E-state index contributed by atoms with van der Waals surface area (Å²) in [5, 5.41) is 0. The smallest absolute Gasteiger partial charge is 0.0145 e. The zero-order valence-corrected chi connectivity index (χ0v) is 7.22. The maximum absolute atomic E-state index is 2.27. The van der Waals surface area contributed by atoms with Gasteiger partial charge in [0.1, 0.15) is 0 Å². The summed E-state index contributed by atoms with van der Waals surface area (Å²) in [6.07, 6.45) is 1.24. The molecule has 2 aliphatic rings. The second kappa shape index (κ2) is 2.67. The summed E-state index contributed by atoms with van der Waals surface area (Å²) in [5.74, 6) is 0.792. The fourth-order valence-electron chi connectivity index (χ4n) is 1.43. The lowest BCUT2D eigenvalue weighted by molar-refractivity contribution is 0.649. The number of hydrogen-bond acceptors (Lipinski definition) is 1. The Balaban J connectivity index is 0.000000605. The molecule has 0 saturated heterocycles. The fraction of sp³-hybridized carbons (Fsp3) is 0.400. The third kappa shape index (κ3) is 1.43. The zero-order valence-electron chi connectivity index (χ0n) is 7.22. The molecule has 0 aromatic heterocycles. The van der Waals surface area contributed by atoms with Crippen molar-refractivity contribution in [2.24, 2.45) is 5.92 Å². The highest BCUT2D eigenvalue weighted by atomic mass is 14.2. The highest BCUT2D eigenvalue weighted by Crippen LogP contribution is 2.39. The van der Waals surface area contributed by atoms with E-state index in [1.54, 1.807) is 5.56 Å². The van der Waals surface area contributed by atoms with E-state index in [1.807, 2.05) is 0 Å². The summed E-state index contributed by atoms with van der Waals surface area (Å²) in [6, 6.07) is 6.73. The number of benzene rings is 1. The number of fused-ring (bicyclic) bond motifs is 1. The van der Waals surface area contributed by atoms with E-state index in [-0.39, 0.29) is 6.15 Å². The van der Waals surface area contributed by atoms with E-state index < -0.39 is 0 Å². The second-order valence-corrected chi connectivity index (χ2v) is 3.47. The number of rotatable bonds is 2. The van der Waals surface area contributed by atoms with Crippen molar-refractivity contribution in [2.75, 3.05) is 0 Å². The van der Waals surface area contributed by atoms with Crippen LogP contribution in [0.25, 0.3) is 11.1 Å². The molecule has 0 atom stereocenters. The Morgan fingerprint density at radius 1 is 1.27 bits per heavy atom. The first-order chi connectivity index (χ1) is 4.77. The first-order valence-electron chi connectivity index (χ1n) is 3.90. The van der Waals surface area contributed by atoms with Crippen molar-refractivity contribution in [3.05, 3.63) is 23.8 Å². The highest BCUT2D eigenvalue weighted by Gasteiger charge is 2.16. The minimum atomic E-state index is 0. The molecule has 0 radical (unpaired) electrons. The minimum absolute atomic E-state index is 0. The van der Waals surface area contributed by atoms with Crippen LogP contribution in [0.2, 0.25) is 0 Å². The van der Waals surface area contributed by atoms with Gasteiger partial charge in [-0.25, -0.2) is 0 Å². The molecule has 0 aromatic carbocycles. The van der Waals surface area contributed by atoms with Crippen molar-refractivity contribution in [1.29, 1.82) is 0 Å². The molecule has 2 rings (SSSR count). The Morgan fingerprint density at radius 3 is 2.36 bits per heavy atom. The predicted molar refractivity (Wildman–Crippen MR) is 49.0 cm³/mol.